The molecular formula is C20H29BrN2O3. The molecule has 0 aromatic heterocycles. The molecule has 0 radical (unpaired) electrons. The Bertz CT molecular complexity index is 602. The van der Waals surface area contributed by atoms with Crippen LogP contribution in [0.1, 0.15) is 45.6 Å². The molecule has 1 saturated heterocycles. The van der Waals surface area contributed by atoms with Gasteiger partial charge >= 0.3 is 6.09 Å². The van der Waals surface area contributed by atoms with Crippen LogP contribution >= 0.6 is 15.9 Å². The maximum atomic E-state index is 12.4. The van der Waals surface area contributed by atoms with Crippen molar-refractivity contribution in [2.75, 3.05) is 19.6 Å². The zero-order valence-corrected chi connectivity index (χ0v) is 17.5. The molecule has 6 heteroatoms. The van der Waals surface area contributed by atoms with Gasteiger partial charge in [-0.3, -0.25) is 4.79 Å². The average Bonchev–Trinajstić information content (AvgIpc) is 2.58. The van der Waals surface area contributed by atoms with Gasteiger partial charge in [-0.15, -0.1) is 0 Å². The fraction of sp³-hybridized carbons (Fsp3) is 0.600. The molecule has 0 spiro atoms. The lowest BCUT2D eigenvalue weighted by Crippen LogP contribution is -2.42. The van der Waals surface area contributed by atoms with E-state index in [1.807, 2.05) is 49.9 Å². The minimum Gasteiger partial charge on any atom is -0.444 e. The summed E-state index contributed by atoms with van der Waals surface area (Å²) in [5, 5.41) is 2.84. The molecule has 1 aliphatic heterocycles. The Hall–Kier alpha value is -1.56. The van der Waals surface area contributed by atoms with Gasteiger partial charge in [0, 0.05) is 30.5 Å². The van der Waals surface area contributed by atoms with Crippen molar-refractivity contribution in [2.45, 2.75) is 52.1 Å². The zero-order chi connectivity index (χ0) is 19.2. The second-order valence-electron chi connectivity index (χ2n) is 7.83. The minimum absolute atomic E-state index is 0.214. The molecule has 1 heterocycles. The van der Waals surface area contributed by atoms with E-state index in [2.05, 4.69) is 21.2 Å². The van der Waals surface area contributed by atoms with Crippen molar-refractivity contribution in [1.82, 2.24) is 10.2 Å². The van der Waals surface area contributed by atoms with Gasteiger partial charge in [0.05, 0.1) is 0 Å². The number of nitrogens with zero attached hydrogens (tertiary/aromatic N) is 1. The van der Waals surface area contributed by atoms with Crippen LogP contribution in [0.25, 0.3) is 0 Å². The van der Waals surface area contributed by atoms with Crippen molar-refractivity contribution in [3.63, 3.8) is 0 Å². The lowest BCUT2D eigenvalue weighted by Gasteiger charge is -2.32. The van der Waals surface area contributed by atoms with E-state index < -0.39 is 5.60 Å². The molecule has 144 valence electrons. The molecule has 2 rings (SSSR count). The monoisotopic (exact) mass is 424 g/mol. The maximum absolute atomic E-state index is 12.4. The fourth-order valence-corrected chi connectivity index (χ4v) is 3.25. The molecule has 0 atom stereocenters. The van der Waals surface area contributed by atoms with E-state index in [-0.39, 0.29) is 12.0 Å². The van der Waals surface area contributed by atoms with E-state index in [9.17, 15) is 9.59 Å². The molecule has 0 unspecified atom stereocenters. The number of piperidine rings is 1. The molecule has 1 aromatic carbocycles. The number of carbonyl (C=O) groups is 2. The van der Waals surface area contributed by atoms with Crippen LogP contribution in [0.4, 0.5) is 4.79 Å². The topological polar surface area (TPSA) is 58.6 Å². The van der Waals surface area contributed by atoms with Gasteiger partial charge in [0.2, 0.25) is 5.91 Å². The summed E-state index contributed by atoms with van der Waals surface area (Å²) >= 11 is 3.42. The number of ether oxygens (including phenoxy) is 1. The van der Waals surface area contributed by atoms with Gasteiger partial charge < -0.3 is 15.0 Å². The fourth-order valence-electron chi connectivity index (χ4n) is 2.99. The third-order valence-electron chi connectivity index (χ3n) is 4.44. The largest absolute Gasteiger partial charge is 0.444 e. The van der Waals surface area contributed by atoms with E-state index in [0.29, 0.717) is 18.9 Å². The van der Waals surface area contributed by atoms with Gasteiger partial charge in [-0.05, 0) is 63.6 Å². The Labute approximate surface area is 164 Å². The number of carbonyl (C=O) groups excluding carboxylic acids is 2. The van der Waals surface area contributed by atoms with E-state index >= 15 is 0 Å². The molecule has 5 nitrogen and oxygen atoms in total. The Balaban J connectivity index is 1.66. The minimum atomic E-state index is -0.477. The molecule has 1 fully saturated rings. The lowest BCUT2D eigenvalue weighted by molar-refractivity contribution is -0.132. The van der Waals surface area contributed by atoms with Crippen LogP contribution in [0.5, 0.6) is 0 Å². The van der Waals surface area contributed by atoms with Gasteiger partial charge in [-0.2, -0.15) is 0 Å². The van der Waals surface area contributed by atoms with Crippen molar-refractivity contribution in [3.8, 4) is 0 Å². The SMILES string of the molecule is CC(C)(C)OC(=O)NCC1CCN(C(=O)CCc2ccc(Br)cc2)CC1. The molecule has 1 aliphatic rings. The van der Waals surface area contributed by atoms with E-state index in [1.54, 1.807) is 0 Å². The Kier molecular flexibility index (Phi) is 7.50. The summed E-state index contributed by atoms with van der Waals surface area (Å²) in [6, 6.07) is 8.10. The summed E-state index contributed by atoms with van der Waals surface area (Å²) < 4.78 is 6.30. The summed E-state index contributed by atoms with van der Waals surface area (Å²) in [4.78, 5) is 26.1. The molecular weight excluding hydrogens is 396 g/mol. The molecule has 1 N–H and O–H groups in total. The third-order valence-corrected chi connectivity index (χ3v) is 4.97. The summed E-state index contributed by atoms with van der Waals surface area (Å²) in [6.07, 6.45) is 2.78. The van der Waals surface area contributed by atoms with Crippen LogP contribution in [0.2, 0.25) is 0 Å². The highest BCUT2D eigenvalue weighted by atomic mass is 79.9. The van der Waals surface area contributed by atoms with Crippen molar-refractivity contribution in [3.05, 3.63) is 34.3 Å². The van der Waals surface area contributed by atoms with Crippen LogP contribution in [0, 0.1) is 5.92 Å². The van der Waals surface area contributed by atoms with Gasteiger partial charge in [-0.1, -0.05) is 28.1 Å². The standard InChI is InChI=1S/C20H29BrN2O3/c1-20(2,3)26-19(25)22-14-16-10-12-23(13-11-16)18(24)9-6-15-4-7-17(21)8-5-15/h4-5,7-8,16H,6,9-14H2,1-3H3,(H,22,25). The number of rotatable bonds is 5. The first kappa shape index (κ1) is 20.7. The lowest BCUT2D eigenvalue weighted by atomic mass is 9.96. The summed E-state index contributed by atoms with van der Waals surface area (Å²) in [5.74, 6) is 0.615. The number of hydrogen-bond acceptors (Lipinski definition) is 3. The molecule has 1 aromatic rings. The number of halogens is 1. The summed E-state index contributed by atoms with van der Waals surface area (Å²) in [5.41, 5.74) is 0.701. The van der Waals surface area contributed by atoms with Gasteiger partial charge in [0.15, 0.2) is 0 Å². The zero-order valence-electron chi connectivity index (χ0n) is 15.9. The predicted octanol–water partition coefficient (Wildman–Crippen LogP) is 4.15. The van der Waals surface area contributed by atoms with Crippen LogP contribution in [0.3, 0.4) is 0 Å². The normalized spacial score (nSPS) is 15.6. The number of hydrogen-bond donors (Lipinski definition) is 1. The van der Waals surface area contributed by atoms with Crippen LogP contribution in [0.15, 0.2) is 28.7 Å². The maximum Gasteiger partial charge on any atom is 0.407 e. The number of aryl methyl sites for hydroxylation is 1. The van der Waals surface area contributed by atoms with Crippen molar-refractivity contribution in [2.24, 2.45) is 5.92 Å². The molecule has 2 amide bonds. The van der Waals surface area contributed by atoms with Gasteiger partial charge in [-0.25, -0.2) is 4.79 Å². The van der Waals surface area contributed by atoms with Crippen molar-refractivity contribution < 1.29 is 14.3 Å². The third kappa shape index (κ3) is 7.36. The molecule has 0 saturated carbocycles. The van der Waals surface area contributed by atoms with E-state index in [0.717, 1.165) is 36.8 Å². The highest BCUT2D eigenvalue weighted by Gasteiger charge is 2.23. The Morgan fingerprint density at radius 1 is 1.19 bits per heavy atom. The first-order valence-corrected chi connectivity index (χ1v) is 10.0. The average molecular weight is 425 g/mol. The number of likely N-dealkylation sites (tertiary alicyclic amines) is 1. The quantitative estimate of drug-likeness (QED) is 0.771. The first-order valence-electron chi connectivity index (χ1n) is 9.22. The Morgan fingerprint density at radius 2 is 1.81 bits per heavy atom. The summed E-state index contributed by atoms with van der Waals surface area (Å²) in [7, 11) is 0. The second kappa shape index (κ2) is 9.40. The van der Waals surface area contributed by atoms with E-state index in [4.69, 9.17) is 4.74 Å². The van der Waals surface area contributed by atoms with Crippen LogP contribution in [-0.4, -0.2) is 42.1 Å². The van der Waals surface area contributed by atoms with Gasteiger partial charge in [0.1, 0.15) is 5.60 Å². The molecule has 26 heavy (non-hydrogen) atoms. The van der Waals surface area contributed by atoms with Crippen LogP contribution < -0.4 is 5.32 Å². The number of nitrogens with one attached hydrogen (secondary N) is 1. The molecule has 0 bridgehead atoms. The van der Waals surface area contributed by atoms with Crippen LogP contribution in [-0.2, 0) is 16.0 Å². The summed E-state index contributed by atoms with van der Waals surface area (Å²) in [6.45, 7) is 7.69. The number of amides is 2. The number of alkyl carbamates (subject to hydrolysis) is 1. The predicted molar refractivity (Wildman–Crippen MR) is 106 cm³/mol. The second-order valence-corrected chi connectivity index (χ2v) is 8.75. The van der Waals surface area contributed by atoms with Gasteiger partial charge in [0.25, 0.3) is 0 Å². The first-order chi connectivity index (χ1) is 12.2. The number of benzene rings is 1. The highest BCUT2D eigenvalue weighted by Crippen LogP contribution is 2.18. The van der Waals surface area contributed by atoms with Crippen molar-refractivity contribution in [1.29, 1.82) is 0 Å². The van der Waals surface area contributed by atoms with E-state index in [1.165, 1.54) is 5.56 Å². The smallest absolute Gasteiger partial charge is 0.407 e. The Morgan fingerprint density at radius 3 is 2.38 bits per heavy atom. The van der Waals surface area contributed by atoms with Crippen molar-refractivity contribution >= 4 is 27.9 Å². The molecule has 0 aliphatic carbocycles. The highest BCUT2D eigenvalue weighted by molar-refractivity contribution is 9.10.